The lowest BCUT2D eigenvalue weighted by atomic mass is 10.3. The van der Waals surface area contributed by atoms with Crippen LogP contribution < -0.4 is 10.1 Å². The van der Waals surface area contributed by atoms with E-state index in [9.17, 15) is 4.39 Å². The molecule has 0 amide bonds. The van der Waals surface area contributed by atoms with E-state index < -0.39 is 0 Å². The van der Waals surface area contributed by atoms with Crippen molar-refractivity contribution in [3.8, 4) is 5.75 Å². The van der Waals surface area contributed by atoms with E-state index in [1.54, 1.807) is 23.5 Å². The standard InChI is InChI=1S/C14H15BrFNOS/c1-10(14-3-2-8-19-14)17-6-7-18-13-9-11(15)4-5-12(13)16/h2-5,8-10,17H,6-7H2,1H3. The molecule has 0 aliphatic carbocycles. The van der Waals surface area contributed by atoms with Crippen LogP contribution in [-0.4, -0.2) is 13.2 Å². The lowest BCUT2D eigenvalue weighted by Gasteiger charge is -2.13. The molecule has 1 aromatic heterocycles. The van der Waals surface area contributed by atoms with Crippen LogP contribution in [0.2, 0.25) is 0 Å². The molecule has 1 heterocycles. The summed E-state index contributed by atoms with van der Waals surface area (Å²) >= 11 is 5.01. The van der Waals surface area contributed by atoms with Gasteiger partial charge in [0, 0.05) is 21.9 Å². The number of thiophene rings is 1. The smallest absolute Gasteiger partial charge is 0.165 e. The molecule has 1 N–H and O–H groups in total. The molecule has 0 fully saturated rings. The zero-order valence-electron chi connectivity index (χ0n) is 10.5. The molecule has 2 nitrogen and oxygen atoms in total. The Morgan fingerprint density at radius 1 is 1.42 bits per heavy atom. The van der Waals surface area contributed by atoms with Crippen LogP contribution >= 0.6 is 27.3 Å². The van der Waals surface area contributed by atoms with Crippen molar-refractivity contribution < 1.29 is 9.13 Å². The minimum atomic E-state index is -0.338. The van der Waals surface area contributed by atoms with E-state index in [0.717, 1.165) is 4.47 Å². The number of benzene rings is 1. The van der Waals surface area contributed by atoms with Gasteiger partial charge in [0.2, 0.25) is 0 Å². The lowest BCUT2D eigenvalue weighted by molar-refractivity contribution is 0.293. The van der Waals surface area contributed by atoms with E-state index >= 15 is 0 Å². The lowest BCUT2D eigenvalue weighted by Crippen LogP contribution is -2.23. The number of halogens is 2. The topological polar surface area (TPSA) is 21.3 Å². The van der Waals surface area contributed by atoms with Gasteiger partial charge in [-0.3, -0.25) is 0 Å². The van der Waals surface area contributed by atoms with Gasteiger partial charge in [0.05, 0.1) is 0 Å². The van der Waals surface area contributed by atoms with Crippen LogP contribution in [0.25, 0.3) is 0 Å². The summed E-state index contributed by atoms with van der Waals surface area (Å²) in [6.07, 6.45) is 0. The second-order valence-electron chi connectivity index (χ2n) is 4.11. The van der Waals surface area contributed by atoms with E-state index in [2.05, 4.69) is 39.6 Å². The van der Waals surface area contributed by atoms with Gasteiger partial charge in [-0.05, 0) is 36.6 Å². The molecule has 0 bridgehead atoms. The summed E-state index contributed by atoms with van der Waals surface area (Å²) in [5.41, 5.74) is 0. The Morgan fingerprint density at radius 3 is 3.00 bits per heavy atom. The molecule has 2 aromatic rings. The maximum absolute atomic E-state index is 13.4. The highest BCUT2D eigenvalue weighted by Crippen LogP contribution is 2.22. The number of nitrogens with one attached hydrogen (secondary N) is 1. The Morgan fingerprint density at radius 2 is 2.26 bits per heavy atom. The first-order valence-corrected chi connectivity index (χ1v) is 7.68. The highest BCUT2D eigenvalue weighted by atomic mass is 79.9. The molecule has 102 valence electrons. The van der Waals surface area contributed by atoms with Crippen molar-refractivity contribution in [1.82, 2.24) is 5.32 Å². The fraction of sp³-hybridized carbons (Fsp3) is 0.286. The summed E-state index contributed by atoms with van der Waals surface area (Å²) in [6.45, 7) is 3.21. The maximum Gasteiger partial charge on any atom is 0.165 e. The third kappa shape index (κ3) is 4.30. The van der Waals surface area contributed by atoms with Crippen molar-refractivity contribution in [3.63, 3.8) is 0 Å². The summed E-state index contributed by atoms with van der Waals surface area (Å²) in [5, 5.41) is 5.40. The van der Waals surface area contributed by atoms with Crippen LogP contribution in [-0.2, 0) is 0 Å². The zero-order chi connectivity index (χ0) is 13.7. The molecule has 5 heteroatoms. The summed E-state index contributed by atoms with van der Waals surface area (Å²) in [5.74, 6) is -0.0607. The van der Waals surface area contributed by atoms with Crippen LogP contribution in [0.5, 0.6) is 5.75 Å². The number of hydrogen-bond acceptors (Lipinski definition) is 3. The highest BCUT2D eigenvalue weighted by molar-refractivity contribution is 9.10. The van der Waals surface area contributed by atoms with Gasteiger partial charge in [-0.1, -0.05) is 22.0 Å². The van der Waals surface area contributed by atoms with Crippen LogP contribution in [0.15, 0.2) is 40.2 Å². The third-order valence-electron chi connectivity index (χ3n) is 2.67. The molecule has 1 unspecified atom stereocenters. The third-order valence-corrected chi connectivity index (χ3v) is 4.22. The van der Waals surface area contributed by atoms with Crippen molar-refractivity contribution in [2.75, 3.05) is 13.2 Å². The quantitative estimate of drug-likeness (QED) is 0.786. The van der Waals surface area contributed by atoms with Gasteiger partial charge in [-0.2, -0.15) is 0 Å². The first-order chi connectivity index (χ1) is 9.16. The Hall–Kier alpha value is -0.910. The first kappa shape index (κ1) is 14.5. The molecule has 1 atom stereocenters. The second kappa shape index (κ2) is 7.03. The van der Waals surface area contributed by atoms with Gasteiger partial charge in [0.1, 0.15) is 6.61 Å². The average Bonchev–Trinajstić information content (AvgIpc) is 2.92. The van der Waals surface area contributed by atoms with Crippen molar-refractivity contribution >= 4 is 27.3 Å². The monoisotopic (exact) mass is 343 g/mol. The summed E-state index contributed by atoms with van der Waals surface area (Å²) in [6, 6.07) is 9.09. The number of ether oxygens (including phenoxy) is 1. The van der Waals surface area contributed by atoms with Crippen molar-refractivity contribution in [2.45, 2.75) is 13.0 Å². The number of hydrogen-bond donors (Lipinski definition) is 1. The zero-order valence-corrected chi connectivity index (χ0v) is 12.9. The molecule has 0 spiro atoms. The molecule has 0 saturated heterocycles. The minimum Gasteiger partial charge on any atom is -0.489 e. The summed E-state index contributed by atoms with van der Waals surface area (Å²) in [7, 11) is 0. The fourth-order valence-electron chi connectivity index (χ4n) is 1.66. The Balaban J connectivity index is 1.76. The minimum absolute atomic E-state index is 0.278. The van der Waals surface area contributed by atoms with E-state index in [1.807, 2.05) is 6.07 Å². The van der Waals surface area contributed by atoms with E-state index in [-0.39, 0.29) is 17.6 Å². The number of rotatable bonds is 6. The maximum atomic E-state index is 13.4. The van der Waals surface area contributed by atoms with E-state index in [0.29, 0.717) is 13.2 Å². The van der Waals surface area contributed by atoms with Crippen LogP contribution in [0.4, 0.5) is 4.39 Å². The van der Waals surface area contributed by atoms with Gasteiger partial charge in [-0.15, -0.1) is 11.3 Å². The van der Waals surface area contributed by atoms with Gasteiger partial charge >= 0.3 is 0 Å². The van der Waals surface area contributed by atoms with Crippen LogP contribution in [0.1, 0.15) is 17.8 Å². The Labute approximate surface area is 124 Å². The van der Waals surface area contributed by atoms with Crippen molar-refractivity contribution in [1.29, 1.82) is 0 Å². The molecule has 1 aromatic carbocycles. The predicted octanol–water partition coefficient (Wildman–Crippen LogP) is 4.38. The van der Waals surface area contributed by atoms with Gasteiger partial charge in [0.15, 0.2) is 11.6 Å². The highest BCUT2D eigenvalue weighted by Gasteiger charge is 2.06. The average molecular weight is 344 g/mol. The molecule has 0 aliphatic heterocycles. The molecule has 0 radical (unpaired) electrons. The van der Waals surface area contributed by atoms with Crippen LogP contribution in [0.3, 0.4) is 0 Å². The molecule has 0 aliphatic rings. The first-order valence-electron chi connectivity index (χ1n) is 6.01. The fourth-order valence-corrected chi connectivity index (χ4v) is 2.76. The SMILES string of the molecule is CC(NCCOc1cc(Br)ccc1F)c1cccs1. The molecular weight excluding hydrogens is 329 g/mol. The van der Waals surface area contributed by atoms with Crippen LogP contribution in [0, 0.1) is 5.82 Å². The predicted molar refractivity (Wildman–Crippen MR) is 80.3 cm³/mol. The Kier molecular flexibility index (Phi) is 5.36. The summed E-state index contributed by atoms with van der Waals surface area (Å²) < 4.78 is 19.6. The van der Waals surface area contributed by atoms with Gasteiger partial charge in [-0.25, -0.2) is 4.39 Å². The second-order valence-corrected chi connectivity index (χ2v) is 6.01. The Bertz CT molecular complexity index is 518. The van der Waals surface area contributed by atoms with Crippen molar-refractivity contribution in [2.24, 2.45) is 0 Å². The van der Waals surface area contributed by atoms with E-state index in [4.69, 9.17) is 4.74 Å². The summed E-state index contributed by atoms with van der Waals surface area (Å²) in [4.78, 5) is 1.29. The van der Waals surface area contributed by atoms with Crippen molar-refractivity contribution in [3.05, 3.63) is 50.9 Å². The molecular formula is C14H15BrFNOS. The van der Waals surface area contributed by atoms with E-state index in [1.165, 1.54) is 10.9 Å². The van der Waals surface area contributed by atoms with Gasteiger partial charge < -0.3 is 10.1 Å². The molecule has 19 heavy (non-hydrogen) atoms. The molecule has 2 rings (SSSR count). The largest absolute Gasteiger partial charge is 0.489 e. The van der Waals surface area contributed by atoms with Gasteiger partial charge in [0.25, 0.3) is 0 Å². The normalized spacial score (nSPS) is 12.4. The molecule has 0 saturated carbocycles.